The van der Waals surface area contributed by atoms with E-state index in [0.29, 0.717) is 11.7 Å². The van der Waals surface area contributed by atoms with E-state index in [1.54, 1.807) is 26.0 Å². The molecule has 0 amide bonds. The lowest BCUT2D eigenvalue weighted by Gasteiger charge is -2.12. The average molecular weight is 397 g/mol. The molecule has 0 bridgehead atoms. The Morgan fingerprint density at radius 3 is 2.60 bits per heavy atom. The van der Waals surface area contributed by atoms with Gasteiger partial charge in [0, 0.05) is 23.6 Å². The Hall–Kier alpha value is -4.20. The number of imidazole rings is 2. The summed E-state index contributed by atoms with van der Waals surface area (Å²) in [6, 6.07) is 15.8. The second kappa shape index (κ2) is 7.32. The van der Waals surface area contributed by atoms with Gasteiger partial charge < -0.3 is 14.6 Å². The van der Waals surface area contributed by atoms with Crippen LogP contribution in [-0.2, 0) is 0 Å². The molecule has 0 aliphatic rings. The number of aryl methyl sites for hydroxylation is 1. The standard InChI is InChI=1S/C22H19N7O/c1-15-12-28(13-24-15)19-9-8-16(10-20(19)30-2)26-22-23-11-18-21(27-22)29(14-25-18)17-6-4-3-5-7-17/h3-14H,1-2H3,(H,23,26,27). The molecule has 0 aliphatic heterocycles. The van der Waals surface area contributed by atoms with Gasteiger partial charge in [-0.25, -0.2) is 15.0 Å². The third kappa shape index (κ3) is 3.24. The molecule has 5 rings (SSSR count). The van der Waals surface area contributed by atoms with Crippen molar-refractivity contribution >= 4 is 22.8 Å². The Labute approximate surface area is 172 Å². The van der Waals surface area contributed by atoms with E-state index in [1.165, 1.54) is 0 Å². The van der Waals surface area contributed by atoms with Crippen LogP contribution in [0.3, 0.4) is 0 Å². The molecule has 0 fully saturated rings. The summed E-state index contributed by atoms with van der Waals surface area (Å²) in [4.78, 5) is 17.7. The molecule has 0 unspecified atom stereocenters. The molecule has 30 heavy (non-hydrogen) atoms. The Morgan fingerprint density at radius 1 is 0.967 bits per heavy atom. The van der Waals surface area contributed by atoms with Gasteiger partial charge in [-0.15, -0.1) is 0 Å². The molecule has 8 nitrogen and oxygen atoms in total. The predicted molar refractivity (Wildman–Crippen MR) is 115 cm³/mol. The summed E-state index contributed by atoms with van der Waals surface area (Å²) in [6.07, 6.45) is 7.18. The molecule has 1 N–H and O–H groups in total. The molecule has 0 saturated heterocycles. The van der Waals surface area contributed by atoms with Gasteiger partial charge in [0.2, 0.25) is 5.95 Å². The first-order valence-corrected chi connectivity index (χ1v) is 9.43. The van der Waals surface area contributed by atoms with Crippen LogP contribution in [-0.4, -0.2) is 36.2 Å². The van der Waals surface area contributed by atoms with Crippen LogP contribution in [0.1, 0.15) is 5.69 Å². The molecular formula is C22H19N7O. The minimum Gasteiger partial charge on any atom is -0.494 e. The number of anilines is 2. The summed E-state index contributed by atoms with van der Waals surface area (Å²) >= 11 is 0. The minimum absolute atomic E-state index is 0.480. The van der Waals surface area contributed by atoms with Crippen molar-refractivity contribution in [3.8, 4) is 17.1 Å². The first kappa shape index (κ1) is 17.9. The molecular weight excluding hydrogens is 378 g/mol. The molecule has 8 heteroatoms. The number of benzene rings is 2. The number of hydrogen-bond acceptors (Lipinski definition) is 6. The van der Waals surface area contributed by atoms with Gasteiger partial charge in [-0.2, -0.15) is 4.98 Å². The Kier molecular flexibility index (Phi) is 4.36. The lowest BCUT2D eigenvalue weighted by Crippen LogP contribution is -2.01. The third-order valence-electron chi connectivity index (χ3n) is 4.75. The van der Waals surface area contributed by atoms with E-state index in [-0.39, 0.29) is 0 Å². The molecule has 148 valence electrons. The topological polar surface area (TPSA) is 82.7 Å². The lowest BCUT2D eigenvalue weighted by molar-refractivity contribution is 0.413. The second-order valence-electron chi connectivity index (χ2n) is 6.79. The molecule has 3 heterocycles. The zero-order valence-corrected chi connectivity index (χ0v) is 16.5. The highest BCUT2D eigenvalue weighted by molar-refractivity contribution is 5.74. The van der Waals surface area contributed by atoms with Gasteiger partial charge in [-0.1, -0.05) is 18.2 Å². The van der Waals surface area contributed by atoms with Crippen LogP contribution in [0.5, 0.6) is 5.75 Å². The molecule has 5 aromatic rings. The minimum atomic E-state index is 0.480. The van der Waals surface area contributed by atoms with Gasteiger partial charge in [0.15, 0.2) is 5.65 Å². The molecule has 0 radical (unpaired) electrons. The van der Waals surface area contributed by atoms with Crippen LogP contribution in [0.4, 0.5) is 11.6 Å². The van der Waals surface area contributed by atoms with Crippen LogP contribution in [0.15, 0.2) is 73.6 Å². The van der Waals surface area contributed by atoms with Gasteiger partial charge in [-0.05, 0) is 31.2 Å². The van der Waals surface area contributed by atoms with E-state index in [1.807, 2.05) is 70.8 Å². The highest BCUT2D eigenvalue weighted by Gasteiger charge is 2.11. The SMILES string of the molecule is COc1cc(Nc2ncc3ncn(-c4ccccc4)c3n2)ccc1-n1cnc(C)c1. The van der Waals surface area contributed by atoms with E-state index >= 15 is 0 Å². The van der Waals surface area contributed by atoms with Gasteiger partial charge in [0.1, 0.15) is 17.6 Å². The van der Waals surface area contributed by atoms with Crippen LogP contribution in [0.2, 0.25) is 0 Å². The Morgan fingerprint density at radius 2 is 1.83 bits per heavy atom. The van der Waals surface area contributed by atoms with Crippen LogP contribution < -0.4 is 10.1 Å². The van der Waals surface area contributed by atoms with Crippen molar-refractivity contribution in [2.75, 3.05) is 12.4 Å². The maximum absolute atomic E-state index is 5.58. The zero-order chi connectivity index (χ0) is 20.5. The molecule has 0 saturated carbocycles. The predicted octanol–water partition coefficient (Wildman–Crippen LogP) is 4.06. The van der Waals surface area contributed by atoms with Gasteiger partial charge in [0.25, 0.3) is 0 Å². The number of hydrogen-bond donors (Lipinski definition) is 1. The summed E-state index contributed by atoms with van der Waals surface area (Å²) in [5.41, 5.74) is 5.12. The number of ether oxygens (including phenoxy) is 1. The number of methoxy groups -OCH3 is 1. The number of nitrogens with zero attached hydrogens (tertiary/aromatic N) is 6. The van der Waals surface area contributed by atoms with Crippen molar-refractivity contribution < 1.29 is 4.74 Å². The lowest BCUT2D eigenvalue weighted by atomic mass is 10.2. The maximum atomic E-state index is 5.58. The highest BCUT2D eigenvalue weighted by atomic mass is 16.5. The summed E-state index contributed by atoms with van der Waals surface area (Å²) in [5.74, 6) is 1.20. The van der Waals surface area contributed by atoms with Gasteiger partial charge in [-0.3, -0.25) is 4.57 Å². The smallest absolute Gasteiger partial charge is 0.229 e. The van der Waals surface area contributed by atoms with Gasteiger partial charge in [0.05, 0.1) is 31.0 Å². The van der Waals surface area contributed by atoms with Crippen molar-refractivity contribution in [3.05, 3.63) is 79.3 Å². The van der Waals surface area contributed by atoms with Crippen LogP contribution >= 0.6 is 0 Å². The summed E-state index contributed by atoms with van der Waals surface area (Å²) in [7, 11) is 1.65. The number of aromatic nitrogens is 6. The summed E-state index contributed by atoms with van der Waals surface area (Å²) < 4.78 is 9.45. The number of para-hydroxylation sites is 1. The molecule has 3 aromatic heterocycles. The highest BCUT2D eigenvalue weighted by Crippen LogP contribution is 2.28. The van der Waals surface area contributed by atoms with Crippen LogP contribution in [0.25, 0.3) is 22.5 Å². The zero-order valence-electron chi connectivity index (χ0n) is 16.5. The Balaban J connectivity index is 1.48. The van der Waals surface area contributed by atoms with E-state index in [4.69, 9.17) is 4.74 Å². The average Bonchev–Trinajstić information content (AvgIpc) is 3.40. The van der Waals surface area contributed by atoms with Crippen molar-refractivity contribution in [3.63, 3.8) is 0 Å². The maximum Gasteiger partial charge on any atom is 0.229 e. The van der Waals surface area contributed by atoms with E-state index < -0.39 is 0 Å². The van der Waals surface area contributed by atoms with Crippen molar-refractivity contribution in [1.82, 2.24) is 29.1 Å². The summed E-state index contributed by atoms with van der Waals surface area (Å²) in [6.45, 7) is 1.95. The fraction of sp³-hybridized carbons (Fsp3) is 0.0909. The molecule has 0 atom stereocenters. The van der Waals surface area contributed by atoms with Crippen molar-refractivity contribution in [2.24, 2.45) is 0 Å². The largest absolute Gasteiger partial charge is 0.494 e. The monoisotopic (exact) mass is 397 g/mol. The molecule has 0 spiro atoms. The number of fused-ring (bicyclic) bond motifs is 1. The second-order valence-corrected chi connectivity index (χ2v) is 6.79. The first-order valence-electron chi connectivity index (χ1n) is 9.43. The normalized spacial score (nSPS) is 11.0. The number of nitrogens with one attached hydrogen (secondary N) is 1. The Bertz CT molecular complexity index is 1320. The van der Waals surface area contributed by atoms with Crippen molar-refractivity contribution in [2.45, 2.75) is 6.92 Å². The summed E-state index contributed by atoms with van der Waals surface area (Å²) in [5, 5.41) is 3.25. The van der Waals surface area contributed by atoms with Gasteiger partial charge >= 0.3 is 0 Å². The van der Waals surface area contributed by atoms with Crippen LogP contribution in [0, 0.1) is 6.92 Å². The van der Waals surface area contributed by atoms with Crippen molar-refractivity contribution in [1.29, 1.82) is 0 Å². The van der Waals surface area contributed by atoms with E-state index in [9.17, 15) is 0 Å². The molecule has 2 aromatic carbocycles. The quantitative estimate of drug-likeness (QED) is 0.482. The first-order chi connectivity index (χ1) is 14.7. The van der Waals surface area contributed by atoms with E-state index in [2.05, 4.69) is 25.3 Å². The number of rotatable bonds is 5. The van der Waals surface area contributed by atoms with E-state index in [0.717, 1.165) is 33.9 Å². The molecule has 0 aliphatic carbocycles. The third-order valence-corrected chi connectivity index (χ3v) is 4.75. The fourth-order valence-electron chi connectivity index (χ4n) is 3.30. The fourth-order valence-corrected chi connectivity index (χ4v) is 3.30.